The first kappa shape index (κ1) is 14.4. The Hall–Kier alpha value is -1.59. The monoisotopic (exact) mass is 360 g/mol. The average Bonchev–Trinajstić information content (AvgIpc) is 2.96. The summed E-state index contributed by atoms with van der Waals surface area (Å²) in [5, 5.41) is 4.07. The smallest absolute Gasteiger partial charge is 0.237 e. The van der Waals surface area contributed by atoms with Gasteiger partial charge in [-0.25, -0.2) is 0 Å². The molecular weight excluding hydrogens is 348 g/mol. The fraction of sp³-hybridized carbons (Fsp3) is 0.125. The van der Waals surface area contributed by atoms with Gasteiger partial charge in [-0.1, -0.05) is 45.4 Å². The third-order valence-electron chi connectivity index (χ3n) is 3.03. The highest BCUT2D eigenvalue weighted by atomic mass is 79.9. The van der Waals surface area contributed by atoms with Crippen LogP contribution in [0.4, 0.5) is 0 Å². The van der Waals surface area contributed by atoms with Crippen molar-refractivity contribution in [2.24, 2.45) is 0 Å². The Morgan fingerprint density at radius 2 is 1.86 bits per heavy atom. The van der Waals surface area contributed by atoms with Crippen LogP contribution in [0.3, 0.4) is 0 Å². The SMILES string of the molecule is Cc1ccccc1-c1noc(CSc2ccc(Br)cc2)n1. The lowest BCUT2D eigenvalue weighted by Gasteiger charge is -1.99. The topological polar surface area (TPSA) is 38.9 Å². The molecule has 0 aliphatic carbocycles. The third kappa shape index (κ3) is 3.54. The van der Waals surface area contributed by atoms with Crippen molar-refractivity contribution in [3.8, 4) is 11.4 Å². The molecule has 0 aliphatic rings. The van der Waals surface area contributed by atoms with E-state index in [0.29, 0.717) is 17.5 Å². The van der Waals surface area contributed by atoms with Crippen molar-refractivity contribution < 1.29 is 4.52 Å². The van der Waals surface area contributed by atoms with Crippen LogP contribution in [0.5, 0.6) is 0 Å². The molecule has 5 heteroatoms. The van der Waals surface area contributed by atoms with Crippen molar-refractivity contribution >= 4 is 27.7 Å². The minimum Gasteiger partial charge on any atom is -0.338 e. The summed E-state index contributed by atoms with van der Waals surface area (Å²) >= 11 is 5.11. The van der Waals surface area contributed by atoms with Crippen LogP contribution in [0, 0.1) is 6.92 Å². The van der Waals surface area contributed by atoms with E-state index in [1.54, 1.807) is 11.8 Å². The van der Waals surface area contributed by atoms with Crippen LogP contribution in [0.25, 0.3) is 11.4 Å². The maximum Gasteiger partial charge on any atom is 0.237 e. The summed E-state index contributed by atoms with van der Waals surface area (Å²) in [6.07, 6.45) is 0. The number of aromatic nitrogens is 2. The lowest BCUT2D eigenvalue weighted by molar-refractivity contribution is 0.391. The Morgan fingerprint density at radius 1 is 1.10 bits per heavy atom. The zero-order valence-corrected chi connectivity index (χ0v) is 13.8. The quantitative estimate of drug-likeness (QED) is 0.606. The van der Waals surface area contributed by atoms with Crippen molar-refractivity contribution in [1.29, 1.82) is 0 Å². The van der Waals surface area contributed by atoms with Gasteiger partial charge in [0.1, 0.15) is 0 Å². The molecule has 0 N–H and O–H groups in total. The first-order valence-electron chi connectivity index (χ1n) is 6.49. The van der Waals surface area contributed by atoms with E-state index in [1.807, 2.05) is 43.3 Å². The zero-order valence-electron chi connectivity index (χ0n) is 11.4. The van der Waals surface area contributed by atoms with Crippen LogP contribution in [-0.2, 0) is 5.75 Å². The minimum absolute atomic E-state index is 0.640. The van der Waals surface area contributed by atoms with E-state index in [0.717, 1.165) is 15.6 Å². The summed E-state index contributed by atoms with van der Waals surface area (Å²) in [7, 11) is 0. The highest BCUT2D eigenvalue weighted by Crippen LogP contribution is 2.25. The number of rotatable bonds is 4. The molecule has 0 saturated carbocycles. The first-order chi connectivity index (χ1) is 10.2. The van der Waals surface area contributed by atoms with E-state index in [-0.39, 0.29) is 0 Å². The maximum absolute atomic E-state index is 5.33. The van der Waals surface area contributed by atoms with E-state index >= 15 is 0 Å². The molecule has 3 rings (SSSR count). The molecule has 0 fully saturated rings. The predicted octanol–water partition coefficient (Wildman–Crippen LogP) is 5.10. The van der Waals surface area contributed by atoms with Crippen molar-refractivity contribution in [3.63, 3.8) is 0 Å². The first-order valence-corrected chi connectivity index (χ1v) is 8.27. The normalized spacial score (nSPS) is 10.8. The number of benzene rings is 2. The highest BCUT2D eigenvalue weighted by Gasteiger charge is 2.10. The molecule has 3 aromatic rings. The molecule has 0 radical (unpaired) electrons. The molecule has 0 aliphatic heterocycles. The predicted molar refractivity (Wildman–Crippen MR) is 88.2 cm³/mol. The lowest BCUT2D eigenvalue weighted by Crippen LogP contribution is -1.85. The third-order valence-corrected chi connectivity index (χ3v) is 4.56. The fourth-order valence-electron chi connectivity index (χ4n) is 1.92. The van der Waals surface area contributed by atoms with E-state index in [9.17, 15) is 0 Å². The summed E-state index contributed by atoms with van der Waals surface area (Å²) in [5.74, 6) is 1.96. The van der Waals surface area contributed by atoms with Gasteiger partial charge in [0.05, 0.1) is 5.75 Å². The molecule has 3 nitrogen and oxygen atoms in total. The van der Waals surface area contributed by atoms with Gasteiger partial charge >= 0.3 is 0 Å². The van der Waals surface area contributed by atoms with Crippen LogP contribution in [0.15, 0.2) is 62.4 Å². The Labute approximate surface area is 135 Å². The van der Waals surface area contributed by atoms with Gasteiger partial charge in [-0.05, 0) is 36.8 Å². The van der Waals surface area contributed by atoms with Crippen molar-refractivity contribution in [2.45, 2.75) is 17.6 Å². The molecule has 0 spiro atoms. The molecule has 21 heavy (non-hydrogen) atoms. The zero-order chi connectivity index (χ0) is 14.7. The van der Waals surface area contributed by atoms with Crippen LogP contribution in [0.1, 0.15) is 11.5 Å². The standard InChI is InChI=1S/C16H13BrN2OS/c1-11-4-2-3-5-14(11)16-18-15(20-19-16)10-21-13-8-6-12(17)7-9-13/h2-9H,10H2,1H3. The Morgan fingerprint density at radius 3 is 2.62 bits per heavy atom. The molecule has 1 aromatic heterocycles. The molecule has 0 amide bonds. The van der Waals surface area contributed by atoms with Crippen molar-refractivity contribution in [3.05, 3.63) is 64.5 Å². The number of nitrogens with zero attached hydrogens (tertiary/aromatic N) is 2. The number of thioether (sulfide) groups is 1. The molecular formula is C16H13BrN2OS. The number of halogens is 1. The minimum atomic E-state index is 0.640. The summed E-state index contributed by atoms with van der Waals surface area (Å²) in [5.41, 5.74) is 2.16. The van der Waals surface area contributed by atoms with E-state index in [4.69, 9.17) is 4.52 Å². The van der Waals surface area contributed by atoms with Crippen molar-refractivity contribution in [1.82, 2.24) is 10.1 Å². The van der Waals surface area contributed by atoms with Gasteiger partial charge in [0.15, 0.2) is 0 Å². The number of hydrogen-bond donors (Lipinski definition) is 0. The second kappa shape index (κ2) is 6.45. The van der Waals surface area contributed by atoms with Crippen LogP contribution >= 0.6 is 27.7 Å². The van der Waals surface area contributed by atoms with E-state index < -0.39 is 0 Å². The Kier molecular flexibility index (Phi) is 4.41. The van der Waals surface area contributed by atoms with E-state index in [2.05, 4.69) is 38.2 Å². The second-order valence-corrected chi connectivity index (χ2v) is 6.53. The van der Waals surface area contributed by atoms with Gasteiger partial charge in [-0.2, -0.15) is 4.98 Å². The average molecular weight is 361 g/mol. The lowest BCUT2D eigenvalue weighted by atomic mass is 10.1. The fourth-order valence-corrected chi connectivity index (χ4v) is 2.92. The van der Waals surface area contributed by atoms with Gasteiger partial charge < -0.3 is 4.52 Å². The van der Waals surface area contributed by atoms with Gasteiger partial charge in [0.25, 0.3) is 0 Å². The second-order valence-electron chi connectivity index (χ2n) is 4.57. The molecule has 0 unspecified atom stereocenters. The molecule has 106 valence electrons. The van der Waals surface area contributed by atoms with Gasteiger partial charge in [0.2, 0.25) is 11.7 Å². The number of aryl methyl sites for hydroxylation is 1. The van der Waals surface area contributed by atoms with Gasteiger partial charge in [-0.15, -0.1) is 11.8 Å². The van der Waals surface area contributed by atoms with Gasteiger partial charge in [-0.3, -0.25) is 0 Å². The van der Waals surface area contributed by atoms with Crippen LogP contribution < -0.4 is 0 Å². The molecule has 2 aromatic carbocycles. The Bertz CT molecular complexity index is 740. The van der Waals surface area contributed by atoms with Crippen LogP contribution in [0.2, 0.25) is 0 Å². The molecule has 1 heterocycles. The Balaban J connectivity index is 1.71. The molecule has 0 saturated heterocycles. The number of hydrogen-bond acceptors (Lipinski definition) is 4. The van der Waals surface area contributed by atoms with Gasteiger partial charge in [0, 0.05) is 14.9 Å². The van der Waals surface area contributed by atoms with Crippen LogP contribution in [-0.4, -0.2) is 10.1 Å². The summed E-state index contributed by atoms with van der Waals surface area (Å²) in [4.78, 5) is 5.64. The summed E-state index contributed by atoms with van der Waals surface area (Å²) in [6.45, 7) is 2.04. The molecule has 0 bridgehead atoms. The summed E-state index contributed by atoms with van der Waals surface area (Å²) < 4.78 is 6.40. The highest BCUT2D eigenvalue weighted by molar-refractivity contribution is 9.10. The molecule has 0 atom stereocenters. The van der Waals surface area contributed by atoms with E-state index in [1.165, 1.54) is 4.90 Å². The largest absolute Gasteiger partial charge is 0.338 e. The maximum atomic E-state index is 5.33. The van der Waals surface area contributed by atoms with Crippen molar-refractivity contribution in [2.75, 3.05) is 0 Å². The summed E-state index contributed by atoms with van der Waals surface area (Å²) in [6, 6.07) is 16.2.